The maximum atomic E-state index is 2.40. The fourth-order valence-corrected chi connectivity index (χ4v) is 2.31. The molecule has 0 spiro atoms. The second-order valence-corrected chi connectivity index (χ2v) is 5.84. The van der Waals surface area contributed by atoms with Crippen LogP contribution in [0.25, 0.3) is 0 Å². The first kappa shape index (κ1) is 23.5. The molecular formula is C22H42. The molecule has 0 nitrogen and oxygen atoms in total. The Labute approximate surface area is 141 Å². The predicted octanol–water partition coefficient (Wildman–Crippen LogP) is 7.90. The molecule has 0 saturated heterocycles. The van der Waals surface area contributed by atoms with Crippen molar-refractivity contribution >= 4 is 0 Å². The lowest BCUT2D eigenvalue weighted by atomic mass is 9.98. The molecule has 0 heterocycles. The zero-order valence-electron chi connectivity index (χ0n) is 16.6. The van der Waals surface area contributed by atoms with E-state index < -0.39 is 0 Å². The van der Waals surface area contributed by atoms with Crippen molar-refractivity contribution in [2.24, 2.45) is 0 Å². The van der Waals surface area contributed by atoms with Crippen molar-refractivity contribution in [1.29, 1.82) is 0 Å². The molecule has 0 fully saturated rings. The van der Waals surface area contributed by atoms with Crippen molar-refractivity contribution in [2.45, 2.75) is 106 Å². The van der Waals surface area contributed by atoms with E-state index >= 15 is 0 Å². The normalized spacial score (nSPS) is 9.41. The van der Waals surface area contributed by atoms with Crippen LogP contribution in [0.4, 0.5) is 0 Å². The second-order valence-electron chi connectivity index (χ2n) is 5.84. The molecule has 1 rings (SSSR count). The van der Waals surface area contributed by atoms with E-state index in [1.165, 1.54) is 62.5 Å². The van der Waals surface area contributed by atoms with Gasteiger partial charge in [-0.25, -0.2) is 0 Å². The minimum Gasteiger partial charge on any atom is -0.0683 e. The van der Waals surface area contributed by atoms with Crippen LogP contribution in [0.15, 0.2) is 18.2 Å². The van der Waals surface area contributed by atoms with Gasteiger partial charge >= 0.3 is 0 Å². The van der Waals surface area contributed by atoms with Gasteiger partial charge in [0.1, 0.15) is 0 Å². The summed E-state index contributed by atoms with van der Waals surface area (Å²) in [5, 5.41) is 0. The lowest BCUT2D eigenvalue weighted by Gasteiger charge is -2.08. The molecule has 0 bridgehead atoms. The predicted molar refractivity (Wildman–Crippen MR) is 105 cm³/mol. The molecule has 0 aliphatic carbocycles. The molecule has 1 aromatic carbocycles. The average molecular weight is 307 g/mol. The summed E-state index contributed by atoms with van der Waals surface area (Å²) in [6, 6.07) is 6.95. The Hall–Kier alpha value is -0.780. The highest BCUT2D eigenvalue weighted by molar-refractivity contribution is 5.31. The highest BCUT2D eigenvalue weighted by Gasteiger charge is 2.00. The second kappa shape index (κ2) is 18.3. The Morgan fingerprint density at radius 3 is 1.86 bits per heavy atom. The third-order valence-corrected chi connectivity index (χ3v) is 3.62. The van der Waals surface area contributed by atoms with E-state index in [4.69, 9.17) is 0 Å². The van der Waals surface area contributed by atoms with E-state index in [0.717, 1.165) is 6.42 Å². The summed E-state index contributed by atoms with van der Waals surface area (Å²) in [5.74, 6) is 0. The van der Waals surface area contributed by atoms with Crippen LogP contribution in [0, 0.1) is 6.92 Å². The zero-order valence-corrected chi connectivity index (χ0v) is 16.6. The van der Waals surface area contributed by atoms with Crippen molar-refractivity contribution in [3.63, 3.8) is 0 Å². The monoisotopic (exact) mass is 306 g/mol. The Morgan fingerprint density at radius 2 is 1.32 bits per heavy atom. The Morgan fingerprint density at radius 1 is 0.773 bits per heavy atom. The van der Waals surface area contributed by atoms with Crippen LogP contribution in [0.5, 0.6) is 0 Å². The highest BCUT2D eigenvalue weighted by atomic mass is 14.1. The molecule has 0 atom stereocenters. The molecule has 0 saturated carbocycles. The number of benzene rings is 1. The van der Waals surface area contributed by atoms with Crippen LogP contribution < -0.4 is 0 Å². The molecule has 0 unspecified atom stereocenters. The van der Waals surface area contributed by atoms with Gasteiger partial charge in [0.15, 0.2) is 0 Å². The van der Waals surface area contributed by atoms with E-state index in [-0.39, 0.29) is 0 Å². The van der Waals surface area contributed by atoms with Crippen molar-refractivity contribution in [3.8, 4) is 0 Å². The summed E-state index contributed by atoms with van der Waals surface area (Å²) >= 11 is 0. The van der Waals surface area contributed by atoms with Gasteiger partial charge in [0.05, 0.1) is 0 Å². The van der Waals surface area contributed by atoms with Crippen molar-refractivity contribution in [2.75, 3.05) is 0 Å². The van der Waals surface area contributed by atoms with Crippen LogP contribution in [-0.4, -0.2) is 0 Å². The smallest absolute Gasteiger partial charge is 0.0276 e. The first-order chi connectivity index (χ1) is 10.7. The van der Waals surface area contributed by atoms with E-state index in [1.807, 2.05) is 13.8 Å². The van der Waals surface area contributed by atoms with Gasteiger partial charge in [0.2, 0.25) is 0 Å². The molecule has 0 aliphatic rings. The molecule has 22 heavy (non-hydrogen) atoms. The molecule has 0 radical (unpaired) electrons. The van der Waals surface area contributed by atoms with Crippen molar-refractivity contribution in [1.82, 2.24) is 0 Å². The van der Waals surface area contributed by atoms with Gasteiger partial charge in [-0.1, -0.05) is 98.3 Å². The van der Waals surface area contributed by atoms with Gasteiger partial charge in [0.25, 0.3) is 0 Å². The lowest BCUT2D eigenvalue weighted by Crippen LogP contribution is -1.92. The SMILES string of the molecule is CC.CCC.CCCCCCCCc1cc(CC)ccc1C. The fourth-order valence-electron chi connectivity index (χ4n) is 2.31. The molecule has 1 aromatic rings. The Kier molecular flexibility index (Phi) is 19.5. The molecule has 0 amide bonds. The topological polar surface area (TPSA) is 0 Å². The third kappa shape index (κ3) is 12.9. The molecular weight excluding hydrogens is 264 g/mol. The molecule has 0 heteroatoms. The number of hydrogen-bond donors (Lipinski definition) is 0. The Balaban J connectivity index is 0. The number of unbranched alkanes of at least 4 members (excludes halogenated alkanes) is 5. The first-order valence-corrected chi connectivity index (χ1v) is 9.77. The largest absolute Gasteiger partial charge is 0.0683 e. The molecule has 130 valence electrons. The summed E-state index contributed by atoms with van der Waals surface area (Å²) < 4.78 is 0. The maximum absolute atomic E-state index is 2.40. The molecule has 0 aromatic heterocycles. The van der Waals surface area contributed by atoms with Crippen LogP contribution >= 0.6 is 0 Å². The first-order valence-electron chi connectivity index (χ1n) is 9.77. The van der Waals surface area contributed by atoms with Crippen molar-refractivity contribution < 1.29 is 0 Å². The quantitative estimate of drug-likeness (QED) is 0.428. The van der Waals surface area contributed by atoms with E-state index in [1.54, 1.807) is 5.56 Å². The fraction of sp³-hybridized carbons (Fsp3) is 0.727. The van der Waals surface area contributed by atoms with Crippen LogP contribution in [0.2, 0.25) is 0 Å². The minimum absolute atomic E-state index is 1.16. The summed E-state index contributed by atoms with van der Waals surface area (Å²) in [6.07, 6.45) is 12.0. The maximum Gasteiger partial charge on any atom is -0.0276 e. The van der Waals surface area contributed by atoms with Gasteiger partial charge in [-0.15, -0.1) is 0 Å². The summed E-state index contributed by atoms with van der Waals surface area (Å²) in [7, 11) is 0. The van der Waals surface area contributed by atoms with Crippen LogP contribution in [0.3, 0.4) is 0 Å². The van der Waals surface area contributed by atoms with Gasteiger partial charge in [-0.2, -0.15) is 0 Å². The van der Waals surface area contributed by atoms with Crippen LogP contribution in [0.1, 0.15) is 103 Å². The number of rotatable bonds is 8. The standard InChI is InChI=1S/C17H28.C3H8.C2H6/c1-4-6-7-8-9-10-11-17-14-16(5-2)13-12-15(17)3;1-3-2;1-2/h12-14H,4-11H2,1-3H3;3H2,1-2H3;1-2H3. The molecule has 0 aliphatic heterocycles. The number of hydrogen-bond acceptors (Lipinski definition) is 0. The summed E-state index contributed by atoms with van der Waals surface area (Å²) in [4.78, 5) is 0. The van der Waals surface area contributed by atoms with Gasteiger partial charge in [0, 0.05) is 0 Å². The van der Waals surface area contributed by atoms with Gasteiger partial charge in [-0.05, 0) is 42.9 Å². The van der Waals surface area contributed by atoms with Crippen LogP contribution in [-0.2, 0) is 12.8 Å². The highest BCUT2D eigenvalue weighted by Crippen LogP contribution is 2.16. The summed E-state index contributed by atoms with van der Waals surface area (Å²) in [5.41, 5.74) is 4.52. The van der Waals surface area contributed by atoms with E-state index in [9.17, 15) is 0 Å². The lowest BCUT2D eigenvalue weighted by molar-refractivity contribution is 0.607. The van der Waals surface area contributed by atoms with Gasteiger partial charge < -0.3 is 0 Å². The minimum atomic E-state index is 1.16. The van der Waals surface area contributed by atoms with Crippen molar-refractivity contribution in [3.05, 3.63) is 34.9 Å². The Bertz CT molecular complexity index is 325. The average Bonchev–Trinajstić information content (AvgIpc) is 2.55. The zero-order chi connectivity index (χ0) is 17.2. The van der Waals surface area contributed by atoms with E-state index in [2.05, 4.69) is 52.8 Å². The molecule has 0 N–H and O–H groups in total. The third-order valence-electron chi connectivity index (χ3n) is 3.62. The van der Waals surface area contributed by atoms with Gasteiger partial charge in [-0.3, -0.25) is 0 Å². The summed E-state index contributed by atoms with van der Waals surface area (Å²) in [6.45, 7) is 15.0. The van der Waals surface area contributed by atoms with E-state index in [0.29, 0.717) is 0 Å². The number of aryl methyl sites for hydroxylation is 3.